The summed E-state index contributed by atoms with van der Waals surface area (Å²) in [7, 11) is 0. The Morgan fingerprint density at radius 2 is 2.05 bits per heavy atom. The van der Waals surface area contributed by atoms with Crippen molar-refractivity contribution in [3.8, 4) is 0 Å². The zero-order valence-corrected chi connectivity index (χ0v) is 12.6. The first-order valence-electron chi connectivity index (χ1n) is 7.37. The van der Waals surface area contributed by atoms with Gasteiger partial charge in [-0.3, -0.25) is 4.79 Å². The molecule has 2 heterocycles. The monoisotopic (exact) mass is 311 g/mol. The van der Waals surface area contributed by atoms with Crippen LogP contribution in [0, 0.1) is 5.82 Å². The van der Waals surface area contributed by atoms with Gasteiger partial charge in [-0.25, -0.2) is 4.39 Å². The number of benzene rings is 1. The zero-order valence-electron chi connectivity index (χ0n) is 11.8. The molecule has 2 saturated heterocycles. The quantitative estimate of drug-likeness (QED) is 0.906. The van der Waals surface area contributed by atoms with Crippen molar-refractivity contribution in [2.24, 2.45) is 0 Å². The molecule has 21 heavy (non-hydrogen) atoms. The number of amides is 1. The zero-order chi connectivity index (χ0) is 14.8. The summed E-state index contributed by atoms with van der Waals surface area (Å²) in [5.74, 6) is -0.123. The molecule has 1 aromatic carbocycles. The first-order chi connectivity index (χ1) is 10.1. The van der Waals surface area contributed by atoms with E-state index in [1.807, 2.05) is 4.90 Å². The highest BCUT2D eigenvalue weighted by molar-refractivity contribution is 6.33. The van der Waals surface area contributed by atoms with Crippen molar-refractivity contribution in [2.75, 3.05) is 37.6 Å². The molecule has 1 unspecified atom stereocenters. The van der Waals surface area contributed by atoms with Crippen LogP contribution in [0.1, 0.15) is 12.8 Å². The molecule has 1 atom stereocenters. The fraction of sp³-hybridized carbons (Fsp3) is 0.533. The van der Waals surface area contributed by atoms with Crippen molar-refractivity contribution in [3.05, 3.63) is 29.0 Å². The third kappa shape index (κ3) is 3.14. The van der Waals surface area contributed by atoms with E-state index in [9.17, 15) is 9.18 Å². The molecule has 2 aliphatic rings. The second-order valence-electron chi connectivity index (χ2n) is 5.56. The molecule has 0 aliphatic carbocycles. The summed E-state index contributed by atoms with van der Waals surface area (Å²) in [5.41, 5.74) is 0.837. The van der Waals surface area contributed by atoms with Crippen molar-refractivity contribution in [1.29, 1.82) is 0 Å². The summed E-state index contributed by atoms with van der Waals surface area (Å²) < 4.78 is 13.1. The van der Waals surface area contributed by atoms with E-state index in [0.717, 1.165) is 38.2 Å². The lowest BCUT2D eigenvalue weighted by molar-refractivity contribution is -0.133. The second-order valence-corrected chi connectivity index (χ2v) is 5.96. The average molecular weight is 312 g/mol. The molecule has 0 saturated carbocycles. The van der Waals surface area contributed by atoms with E-state index in [4.69, 9.17) is 11.6 Å². The van der Waals surface area contributed by atoms with Crippen LogP contribution in [0.4, 0.5) is 10.1 Å². The maximum Gasteiger partial charge on any atom is 0.239 e. The number of rotatable bonds is 2. The molecule has 2 aliphatic heterocycles. The van der Waals surface area contributed by atoms with E-state index in [1.54, 1.807) is 6.07 Å². The Bertz CT molecular complexity index is 526. The predicted molar refractivity (Wildman–Crippen MR) is 81.2 cm³/mol. The Balaban J connectivity index is 1.60. The summed E-state index contributed by atoms with van der Waals surface area (Å²) in [4.78, 5) is 16.3. The average Bonchev–Trinajstić information content (AvgIpc) is 3.01. The molecule has 114 valence electrons. The Hall–Kier alpha value is -1.33. The van der Waals surface area contributed by atoms with Crippen LogP contribution in [0.25, 0.3) is 0 Å². The van der Waals surface area contributed by atoms with E-state index in [0.29, 0.717) is 18.1 Å². The molecule has 0 radical (unpaired) electrons. The van der Waals surface area contributed by atoms with Crippen molar-refractivity contribution >= 4 is 23.2 Å². The van der Waals surface area contributed by atoms with Gasteiger partial charge in [0.15, 0.2) is 0 Å². The number of anilines is 1. The molecule has 1 N–H and O–H groups in total. The summed E-state index contributed by atoms with van der Waals surface area (Å²) in [6, 6.07) is 4.44. The van der Waals surface area contributed by atoms with Crippen LogP contribution in [0.15, 0.2) is 18.2 Å². The third-order valence-electron chi connectivity index (χ3n) is 4.20. The van der Waals surface area contributed by atoms with Crippen molar-refractivity contribution in [3.63, 3.8) is 0 Å². The Morgan fingerprint density at radius 1 is 1.29 bits per heavy atom. The first-order valence-corrected chi connectivity index (χ1v) is 7.75. The van der Waals surface area contributed by atoms with Gasteiger partial charge in [-0.2, -0.15) is 0 Å². The van der Waals surface area contributed by atoms with Gasteiger partial charge in [-0.05, 0) is 37.6 Å². The van der Waals surface area contributed by atoms with E-state index < -0.39 is 0 Å². The molecule has 3 rings (SSSR count). The minimum absolute atomic E-state index is 0.00837. The molecule has 4 nitrogen and oxygen atoms in total. The third-order valence-corrected chi connectivity index (χ3v) is 4.50. The number of carbonyl (C=O) groups excluding carboxylic acids is 1. The van der Waals surface area contributed by atoms with Gasteiger partial charge in [0.05, 0.1) is 16.8 Å². The number of hydrogen-bond donors (Lipinski definition) is 1. The van der Waals surface area contributed by atoms with Crippen LogP contribution >= 0.6 is 11.6 Å². The van der Waals surface area contributed by atoms with Crippen LogP contribution in [-0.4, -0.2) is 49.6 Å². The van der Waals surface area contributed by atoms with E-state index in [-0.39, 0.29) is 17.8 Å². The maximum absolute atomic E-state index is 13.1. The number of nitrogens with one attached hydrogen (secondary N) is 1. The normalized spacial score (nSPS) is 22.7. The highest BCUT2D eigenvalue weighted by Gasteiger charge is 2.29. The summed E-state index contributed by atoms with van der Waals surface area (Å²) in [6.45, 7) is 3.75. The van der Waals surface area contributed by atoms with Gasteiger partial charge in [-0.15, -0.1) is 0 Å². The largest absolute Gasteiger partial charge is 0.367 e. The van der Waals surface area contributed by atoms with E-state index >= 15 is 0 Å². The number of carbonyl (C=O) groups is 1. The number of nitrogens with zero attached hydrogens (tertiary/aromatic N) is 2. The number of hydrogen-bond acceptors (Lipinski definition) is 3. The van der Waals surface area contributed by atoms with Gasteiger partial charge in [0, 0.05) is 26.2 Å². The van der Waals surface area contributed by atoms with Crippen molar-refractivity contribution < 1.29 is 9.18 Å². The van der Waals surface area contributed by atoms with Gasteiger partial charge in [0.1, 0.15) is 5.82 Å². The lowest BCUT2D eigenvalue weighted by Gasteiger charge is -2.37. The lowest BCUT2D eigenvalue weighted by Crippen LogP contribution is -2.53. The maximum atomic E-state index is 13.1. The molecular weight excluding hydrogens is 293 g/mol. The molecule has 0 spiro atoms. The summed E-state index contributed by atoms with van der Waals surface area (Å²) >= 11 is 6.09. The SMILES string of the molecule is O=C(C1CCCN1)N1CCN(c2ccc(F)cc2Cl)CC1. The minimum Gasteiger partial charge on any atom is -0.367 e. The fourth-order valence-electron chi connectivity index (χ4n) is 3.02. The lowest BCUT2D eigenvalue weighted by atomic mass is 10.1. The molecule has 0 bridgehead atoms. The van der Waals surface area contributed by atoms with Gasteiger partial charge < -0.3 is 15.1 Å². The smallest absolute Gasteiger partial charge is 0.239 e. The fourth-order valence-corrected chi connectivity index (χ4v) is 3.31. The summed E-state index contributed by atoms with van der Waals surface area (Å²) in [6.07, 6.45) is 2.00. The van der Waals surface area contributed by atoms with Gasteiger partial charge in [0.2, 0.25) is 5.91 Å². The predicted octanol–water partition coefficient (Wildman–Crippen LogP) is 1.88. The molecule has 1 amide bonds. The molecular formula is C15H19ClFN3O. The van der Waals surface area contributed by atoms with E-state index in [1.165, 1.54) is 12.1 Å². The summed E-state index contributed by atoms with van der Waals surface area (Å²) in [5, 5.41) is 3.67. The molecule has 6 heteroatoms. The number of halogens is 2. The standard InChI is InChI=1S/C15H19ClFN3O/c16-12-10-11(17)3-4-14(12)19-6-8-20(9-7-19)15(21)13-2-1-5-18-13/h3-4,10,13,18H,1-2,5-9H2. The van der Waals surface area contributed by atoms with Gasteiger partial charge in [-0.1, -0.05) is 11.6 Å². The van der Waals surface area contributed by atoms with Crippen molar-refractivity contribution in [1.82, 2.24) is 10.2 Å². The molecule has 0 aromatic heterocycles. The van der Waals surface area contributed by atoms with Crippen LogP contribution in [0.3, 0.4) is 0 Å². The van der Waals surface area contributed by atoms with Crippen molar-refractivity contribution in [2.45, 2.75) is 18.9 Å². The Morgan fingerprint density at radius 3 is 2.67 bits per heavy atom. The first kappa shape index (κ1) is 14.6. The molecule has 1 aromatic rings. The Kier molecular flexibility index (Phi) is 4.31. The highest BCUT2D eigenvalue weighted by atomic mass is 35.5. The molecule has 2 fully saturated rings. The highest BCUT2D eigenvalue weighted by Crippen LogP contribution is 2.27. The number of piperazine rings is 1. The second kappa shape index (κ2) is 6.20. The van der Waals surface area contributed by atoms with Crippen LogP contribution in [-0.2, 0) is 4.79 Å². The topological polar surface area (TPSA) is 35.6 Å². The van der Waals surface area contributed by atoms with Crippen LogP contribution < -0.4 is 10.2 Å². The van der Waals surface area contributed by atoms with E-state index in [2.05, 4.69) is 10.2 Å². The minimum atomic E-state index is -0.329. The van der Waals surface area contributed by atoms with Crippen LogP contribution in [0.2, 0.25) is 5.02 Å². The Labute approximate surface area is 128 Å². The van der Waals surface area contributed by atoms with Gasteiger partial charge >= 0.3 is 0 Å². The van der Waals surface area contributed by atoms with Crippen LogP contribution in [0.5, 0.6) is 0 Å². The van der Waals surface area contributed by atoms with Gasteiger partial charge in [0.25, 0.3) is 0 Å².